The molecule has 0 fully saturated rings. The molecule has 0 radical (unpaired) electrons. The number of amides is 1. The van der Waals surface area contributed by atoms with Crippen LogP contribution in [0.2, 0.25) is 0 Å². The highest BCUT2D eigenvalue weighted by molar-refractivity contribution is 7.17. The average Bonchev–Trinajstić information content (AvgIpc) is 3.05. The Morgan fingerprint density at radius 3 is 2.52 bits per heavy atom. The molecule has 4 rings (SSSR count). The van der Waals surface area contributed by atoms with E-state index in [4.69, 9.17) is 4.74 Å². The number of hydrogen-bond acceptors (Lipinski definition) is 5. The van der Waals surface area contributed by atoms with Gasteiger partial charge >= 0.3 is 0 Å². The van der Waals surface area contributed by atoms with Gasteiger partial charge in [0.25, 0.3) is 5.91 Å². The fourth-order valence-electron chi connectivity index (χ4n) is 4.23. The van der Waals surface area contributed by atoms with Crippen LogP contribution in [0.3, 0.4) is 0 Å². The Labute approximate surface area is 186 Å². The maximum atomic E-state index is 13.0. The summed E-state index contributed by atoms with van der Waals surface area (Å²) in [5.41, 5.74) is 1.65. The minimum absolute atomic E-state index is 0.131. The number of carbonyl (C=O) groups is 1. The highest BCUT2D eigenvalue weighted by Gasteiger charge is 2.40. The summed E-state index contributed by atoms with van der Waals surface area (Å²) in [5.74, 6) is 1.02. The topological polar surface area (TPSA) is 74.1 Å². The van der Waals surface area contributed by atoms with E-state index < -0.39 is 0 Å². The second-order valence-electron chi connectivity index (χ2n) is 8.93. The predicted octanol–water partition coefficient (Wildman–Crippen LogP) is 5.82. The van der Waals surface area contributed by atoms with Crippen LogP contribution in [0, 0.1) is 11.3 Å². The minimum atomic E-state index is -0.278. The number of nitriles is 1. The van der Waals surface area contributed by atoms with Gasteiger partial charge in [-0.25, -0.2) is 0 Å². The monoisotopic (exact) mass is 431 g/mol. The number of ether oxygens (including phenoxy) is 1. The third kappa shape index (κ3) is 4.34. The number of rotatable bonds is 4. The van der Waals surface area contributed by atoms with Gasteiger partial charge in [0.1, 0.15) is 22.6 Å². The molecule has 158 valence electrons. The van der Waals surface area contributed by atoms with E-state index in [0.717, 1.165) is 16.9 Å². The second kappa shape index (κ2) is 7.84. The van der Waals surface area contributed by atoms with E-state index in [1.807, 2.05) is 36.4 Å². The lowest BCUT2D eigenvalue weighted by molar-refractivity contribution is 0.102. The van der Waals surface area contributed by atoms with Gasteiger partial charge < -0.3 is 15.4 Å². The molecular weight excluding hydrogens is 406 g/mol. The lowest BCUT2D eigenvalue weighted by Crippen LogP contribution is -2.54. The van der Waals surface area contributed by atoms with Crippen molar-refractivity contribution in [2.45, 2.75) is 45.2 Å². The van der Waals surface area contributed by atoms with Gasteiger partial charge in [0.2, 0.25) is 0 Å². The molecule has 1 amide bonds. The Hall–Kier alpha value is -3.14. The van der Waals surface area contributed by atoms with Crippen LogP contribution in [0.4, 0.5) is 5.00 Å². The molecule has 3 aromatic rings. The number of nitrogens with one attached hydrogen (secondary N) is 2. The lowest BCUT2D eigenvalue weighted by Gasteiger charge is -2.42. The predicted molar refractivity (Wildman–Crippen MR) is 124 cm³/mol. The van der Waals surface area contributed by atoms with Crippen molar-refractivity contribution in [2.75, 3.05) is 5.32 Å². The zero-order valence-corrected chi connectivity index (χ0v) is 18.9. The number of carbonyl (C=O) groups excluding carboxylic acids is 1. The molecule has 1 aromatic heterocycles. The Morgan fingerprint density at radius 1 is 1.10 bits per heavy atom. The second-order valence-corrected chi connectivity index (χ2v) is 9.95. The van der Waals surface area contributed by atoms with Crippen molar-refractivity contribution in [1.29, 1.82) is 5.26 Å². The molecule has 2 aromatic carbocycles. The largest absolute Gasteiger partial charge is 0.457 e. The average molecular weight is 432 g/mol. The Balaban J connectivity index is 1.61. The van der Waals surface area contributed by atoms with Gasteiger partial charge in [0, 0.05) is 21.5 Å². The number of benzene rings is 2. The van der Waals surface area contributed by atoms with Gasteiger partial charge in [-0.15, -0.1) is 11.3 Å². The first-order valence-electron chi connectivity index (χ1n) is 10.2. The first-order valence-corrected chi connectivity index (χ1v) is 11.0. The maximum absolute atomic E-state index is 13.0. The quantitative estimate of drug-likeness (QED) is 0.545. The minimum Gasteiger partial charge on any atom is -0.457 e. The molecule has 1 aliphatic rings. The standard InChI is InChI=1S/C25H25N3O2S/c1-24(2)14-19-20(15-26)23(31-21(19)25(3,4)28-24)27-22(29)16-9-8-12-18(13-16)30-17-10-6-5-7-11-17/h5-13,28H,14H2,1-4H3,(H,27,29). The van der Waals surface area contributed by atoms with Crippen LogP contribution in [-0.2, 0) is 12.0 Å². The number of hydrogen-bond donors (Lipinski definition) is 2. The zero-order chi connectivity index (χ0) is 22.2. The highest BCUT2D eigenvalue weighted by Crippen LogP contribution is 2.44. The van der Waals surface area contributed by atoms with Crippen molar-refractivity contribution in [1.82, 2.24) is 5.32 Å². The van der Waals surface area contributed by atoms with Gasteiger partial charge in [-0.05, 0) is 70.0 Å². The van der Waals surface area contributed by atoms with Crippen molar-refractivity contribution in [2.24, 2.45) is 0 Å². The van der Waals surface area contributed by atoms with E-state index >= 15 is 0 Å². The van der Waals surface area contributed by atoms with Crippen LogP contribution >= 0.6 is 11.3 Å². The number of fused-ring (bicyclic) bond motifs is 1. The van der Waals surface area contributed by atoms with Crippen LogP contribution in [0.5, 0.6) is 11.5 Å². The molecule has 0 spiro atoms. The van der Waals surface area contributed by atoms with Crippen LogP contribution < -0.4 is 15.4 Å². The number of nitrogens with zero attached hydrogens (tertiary/aromatic N) is 1. The fourth-order valence-corrected chi connectivity index (χ4v) is 5.46. The first kappa shape index (κ1) is 21.1. The van der Waals surface area contributed by atoms with Gasteiger partial charge in [0.05, 0.1) is 5.56 Å². The van der Waals surface area contributed by atoms with Gasteiger partial charge in [-0.2, -0.15) is 5.26 Å². The first-order chi connectivity index (χ1) is 14.7. The molecule has 0 unspecified atom stereocenters. The third-order valence-electron chi connectivity index (χ3n) is 5.26. The van der Waals surface area contributed by atoms with Gasteiger partial charge in [-0.1, -0.05) is 24.3 Å². The van der Waals surface area contributed by atoms with Crippen LogP contribution in [0.25, 0.3) is 0 Å². The summed E-state index contributed by atoms with van der Waals surface area (Å²) in [7, 11) is 0. The zero-order valence-electron chi connectivity index (χ0n) is 18.1. The Morgan fingerprint density at radius 2 is 1.81 bits per heavy atom. The molecule has 31 heavy (non-hydrogen) atoms. The van der Waals surface area contributed by atoms with E-state index in [1.165, 1.54) is 11.3 Å². The van der Waals surface area contributed by atoms with E-state index in [9.17, 15) is 10.1 Å². The molecule has 0 atom stereocenters. The molecule has 2 N–H and O–H groups in total. The summed E-state index contributed by atoms with van der Waals surface area (Å²) in [5, 5.41) is 17.1. The van der Waals surface area contributed by atoms with Crippen molar-refractivity contribution in [3.8, 4) is 17.6 Å². The fraction of sp³-hybridized carbons (Fsp3) is 0.280. The normalized spacial score (nSPS) is 16.1. The van der Waals surface area contributed by atoms with Crippen molar-refractivity contribution >= 4 is 22.2 Å². The number of anilines is 1. The summed E-state index contributed by atoms with van der Waals surface area (Å²) in [6.45, 7) is 8.49. The highest BCUT2D eigenvalue weighted by atomic mass is 32.1. The Kier molecular flexibility index (Phi) is 5.34. The molecule has 6 heteroatoms. The Bertz CT molecular complexity index is 1170. The summed E-state index contributed by atoms with van der Waals surface area (Å²) < 4.78 is 5.84. The molecule has 5 nitrogen and oxygen atoms in total. The van der Waals surface area contributed by atoms with E-state index in [-0.39, 0.29) is 17.0 Å². The molecule has 0 aliphatic carbocycles. The van der Waals surface area contributed by atoms with Crippen molar-refractivity contribution in [3.63, 3.8) is 0 Å². The van der Waals surface area contributed by atoms with Gasteiger partial charge in [-0.3, -0.25) is 4.79 Å². The van der Waals surface area contributed by atoms with E-state index in [1.54, 1.807) is 18.2 Å². The molecule has 1 aliphatic heterocycles. The van der Waals surface area contributed by atoms with Crippen molar-refractivity contribution in [3.05, 3.63) is 76.2 Å². The molecular formula is C25H25N3O2S. The summed E-state index contributed by atoms with van der Waals surface area (Å²) in [6.07, 6.45) is 0.738. The molecule has 0 saturated carbocycles. The SMILES string of the molecule is CC1(C)Cc2c(sc(NC(=O)c3cccc(Oc4ccccc4)c3)c2C#N)C(C)(C)N1. The van der Waals surface area contributed by atoms with Crippen LogP contribution in [0.15, 0.2) is 54.6 Å². The summed E-state index contributed by atoms with van der Waals surface area (Å²) in [4.78, 5) is 14.1. The van der Waals surface area contributed by atoms with Crippen LogP contribution in [0.1, 0.15) is 54.1 Å². The van der Waals surface area contributed by atoms with E-state index in [0.29, 0.717) is 27.6 Å². The lowest BCUT2D eigenvalue weighted by atomic mass is 9.81. The van der Waals surface area contributed by atoms with Gasteiger partial charge in [0.15, 0.2) is 0 Å². The van der Waals surface area contributed by atoms with E-state index in [2.05, 4.69) is 44.4 Å². The molecule has 2 heterocycles. The summed E-state index contributed by atoms with van der Waals surface area (Å²) in [6, 6.07) is 18.8. The summed E-state index contributed by atoms with van der Waals surface area (Å²) >= 11 is 1.48. The third-order valence-corrected chi connectivity index (χ3v) is 6.73. The maximum Gasteiger partial charge on any atom is 0.256 e. The molecule has 0 saturated heterocycles. The molecule has 0 bridgehead atoms. The van der Waals surface area contributed by atoms with Crippen LogP contribution in [-0.4, -0.2) is 11.4 Å². The van der Waals surface area contributed by atoms with Crippen molar-refractivity contribution < 1.29 is 9.53 Å². The number of para-hydroxylation sites is 1. The smallest absolute Gasteiger partial charge is 0.256 e. The number of thiophene rings is 1.